The Morgan fingerprint density at radius 3 is 2.72 bits per heavy atom. The van der Waals surface area contributed by atoms with Crippen LogP contribution in [-0.2, 0) is 10.6 Å². The first-order valence-corrected chi connectivity index (χ1v) is 6.06. The zero-order chi connectivity index (χ0) is 13.0. The van der Waals surface area contributed by atoms with Gasteiger partial charge in [0.15, 0.2) is 0 Å². The molecule has 0 unspecified atom stereocenters. The van der Waals surface area contributed by atoms with Gasteiger partial charge in [-0.2, -0.15) is 0 Å². The molecule has 18 heavy (non-hydrogen) atoms. The molecule has 0 aliphatic rings. The lowest BCUT2D eigenvalue weighted by atomic mass is 10.1. The van der Waals surface area contributed by atoms with Gasteiger partial charge in [0.05, 0.1) is 12.8 Å². The number of aromatic nitrogens is 1. The predicted octanol–water partition coefficient (Wildman–Crippen LogP) is 3.26. The van der Waals surface area contributed by atoms with Crippen molar-refractivity contribution in [3.63, 3.8) is 0 Å². The Labute approximate surface area is 110 Å². The quantitative estimate of drug-likeness (QED) is 0.629. The van der Waals surface area contributed by atoms with Crippen molar-refractivity contribution in [1.82, 2.24) is 4.98 Å². The van der Waals surface area contributed by atoms with E-state index in [1.807, 2.05) is 24.3 Å². The van der Waals surface area contributed by atoms with Gasteiger partial charge < -0.3 is 9.15 Å². The third-order valence-corrected chi connectivity index (χ3v) is 2.65. The van der Waals surface area contributed by atoms with E-state index in [-0.39, 0.29) is 5.76 Å². The summed E-state index contributed by atoms with van der Waals surface area (Å²) in [5.41, 5.74) is 1.80. The Morgan fingerprint density at radius 2 is 2.11 bits per heavy atom. The second kappa shape index (κ2) is 5.69. The molecule has 2 aromatic rings. The number of nitrogens with zero attached hydrogens (tertiary/aromatic N) is 1. The predicted molar refractivity (Wildman–Crippen MR) is 67.5 cm³/mol. The molecule has 0 aliphatic carbocycles. The van der Waals surface area contributed by atoms with Crippen molar-refractivity contribution in [2.24, 2.45) is 0 Å². The van der Waals surface area contributed by atoms with Crippen LogP contribution in [0.1, 0.15) is 23.0 Å². The molecular formula is C13H12ClNO3. The van der Waals surface area contributed by atoms with E-state index in [1.54, 1.807) is 6.92 Å². The number of ether oxygens (including phenoxy) is 1. The molecule has 0 aliphatic heterocycles. The molecule has 1 aromatic heterocycles. The number of carbonyl (C=O) groups is 1. The van der Waals surface area contributed by atoms with Crippen molar-refractivity contribution in [1.29, 1.82) is 0 Å². The maximum atomic E-state index is 11.4. The van der Waals surface area contributed by atoms with Crippen LogP contribution in [-0.4, -0.2) is 17.6 Å². The Morgan fingerprint density at radius 1 is 1.39 bits per heavy atom. The van der Waals surface area contributed by atoms with Gasteiger partial charge in [-0.25, -0.2) is 9.78 Å². The largest absolute Gasteiger partial charge is 0.460 e. The molecule has 0 saturated carbocycles. The molecule has 4 nitrogen and oxygen atoms in total. The number of hydrogen-bond acceptors (Lipinski definition) is 4. The van der Waals surface area contributed by atoms with Crippen molar-refractivity contribution in [2.45, 2.75) is 12.8 Å². The molecule has 94 valence electrons. The fourth-order valence-corrected chi connectivity index (χ4v) is 1.62. The van der Waals surface area contributed by atoms with Gasteiger partial charge in [0, 0.05) is 11.4 Å². The highest BCUT2D eigenvalue weighted by atomic mass is 35.5. The molecule has 0 bridgehead atoms. The van der Waals surface area contributed by atoms with Gasteiger partial charge >= 0.3 is 5.97 Å². The molecule has 1 aromatic carbocycles. The van der Waals surface area contributed by atoms with E-state index in [0.29, 0.717) is 18.4 Å². The first kappa shape index (κ1) is 12.6. The van der Waals surface area contributed by atoms with Crippen LogP contribution in [0.2, 0.25) is 0 Å². The minimum absolute atomic E-state index is 0.105. The van der Waals surface area contributed by atoms with Gasteiger partial charge in [-0.1, -0.05) is 12.1 Å². The van der Waals surface area contributed by atoms with E-state index in [4.69, 9.17) is 20.8 Å². The van der Waals surface area contributed by atoms with Gasteiger partial charge in [0.1, 0.15) is 0 Å². The highest BCUT2D eigenvalue weighted by Crippen LogP contribution is 2.20. The second-order valence-electron chi connectivity index (χ2n) is 3.58. The van der Waals surface area contributed by atoms with Crippen LogP contribution < -0.4 is 0 Å². The number of rotatable bonds is 4. The minimum Gasteiger partial charge on any atom is -0.460 e. The van der Waals surface area contributed by atoms with Crippen LogP contribution in [0.15, 0.2) is 34.9 Å². The summed E-state index contributed by atoms with van der Waals surface area (Å²) >= 11 is 5.71. The first-order valence-electron chi connectivity index (χ1n) is 5.52. The lowest BCUT2D eigenvalue weighted by Crippen LogP contribution is -2.02. The summed E-state index contributed by atoms with van der Waals surface area (Å²) in [5.74, 6) is 0.445. The third-order valence-electron chi connectivity index (χ3n) is 2.34. The number of esters is 1. The maximum Gasteiger partial charge on any atom is 0.375 e. The smallest absolute Gasteiger partial charge is 0.375 e. The van der Waals surface area contributed by atoms with Crippen molar-refractivity contribution >= 4 is 17.6 Å². The number of halogens is 1. The van der Waals surface area contributed by atoms with Gasteiger partial charge in [-0.15, -0.1) is 11.6 Å². The standard InChI is InChI=1S/C13H12ClNO3/c1-2-17-13(16)11-8-15-12(18-11)10-5-3-9(7-14)4-6-10/h3-6,8H,2,7H2,1H3. The average molecular weight is 266 g/mol. The van der Waals surface area contributed by atoms with Gasteiger partial charge in [0.2, 0.25) is 11.7 Å². The molecule has 0 atom stereocenters. The number of oxazole rings is 1. The Bertz CT molecular complexity index is 533. The molecule has 5 heteroatoms. The van der Waals surface area contributed by atoms with Crippen LogP contribution >= 0.6 is 11.6 Å². The molecule has 1 heterocycles. The van der Waals surface area contributed by atoms with Crippen molar-refractivity contribution in [2.75, 3.05) is 6.61 Å². The van der Waals surface area contributed by atoms with Crippen LogP contribution in [0.5, 0.6) is 0 Å². The fraction of sp³-hybridized carbons (Fsp3) is 0.231. The van der Waals surface area contributed by atoms with Crippen LogP contribution in [0.25, 0.3) is 11.5 Å². The van der Waals surface area contributed by atoms with Crippen molar-refractivity contribution in [3.05, 3.63) is 41.8 Å². The zero-order valence-electron chi connectivity index (χ0n) is 9.85. The Kier molecular flexibility index (Phi) is 3.99. The summed E-state index contributed by atoms with van der Waals surface area (Å²) in [5, 5.41) is 0. The summed E-state index contributed by atoms with van der Waals surface area (Å²) < 4.78 is 10.2. The highest BCUT2D eigenvalue weighted by molar-refractivity contribution is 6.17. The fourth-order valence-electron chi connectivity index (χ4n) is 1.44. The molecule has 0 N–H and O–H groups in total. The highest BCUT2D eigenvalue weighted by Gasteiger charge is 2.14. The lowest BCUT2D eigenvalue weighted by Gasteiger charge is -1.98. The lowest BCUT2D eigenvalue weighted by molar-refractivity contribution is 0.0491. The molecule has 0 fully saturated rings. The maximum absolute atomic E-state index is 11.4. The van der Waals surface area contributed by atoms with E-state index in [0.717, 1.165) is 11.1 Å². The summed E-state index contributed by atoms with van der Waals surface area (Å²) in [6.07, 6.45) is 1.36. The molecular weight excluding hydrogens is 254 g/mol. The topological polar surface area (TPSA) is 52.3 Å². The number of hydrogen-bond donors (Lipinski definition) is 0. The number of alkyl halides is 1. The molecule has 2 rings (SSSR count). The van der Waals surface area contributed by atoms with E-state index in [9.17, 15) is 4.79 Å². The molecule has 0 saturated heterocycles. The molecule has 0 radical (unpaired) electrons. The van der Waals surface area contributed by atoms with Gasteiger partial charge in [-0.3, -0.25) is 0 Å². The van der Waals surface area contributed by atoms with Gasteiger partial charge in [-0.05, 0) is 24.6 Å². The summed E-state index contributed by atoms with van der Waals surface area (Å²) in [6.45, 7) is 2.04. The third kappa shape index (κ3) is 2.71. The van der Waals surface area contributed by atoms with Crippen molar-refractivity contribution in [3.8, 4) is 11.5 Å². The monoisotopic (exact) mass is 265 g/mol. The second-order valence-corrected chi connectivity index (χ2v) is 3.85. The van der Waals surface area contributed by atoms with Crippen LogP contribution in [0.3, 0.4) is 0 Å². The van der Waals surface area contributed by atoms with E-state index in [2.05, 4.69) is 4.98 Å². The Hall–Kier alpha value is -1.81. The summed E-state index contributed by atoms with van der Waals surface area (Å²) in [6, 6.07) is 7.46. The minimum atomic E-state index is -0.506. The van der Waals surface area contributed by atoms with Crippen LogP contribution in [0.4, 0.5) is 0 Å². The average Bonchev–Trinajstić information content (AvgIpc) is 2.89. The summed E-state index contributed by atoms with van der Waals surface area (Å²) in [4.78, 5) is 15.5. The number of carbonyl (C=O) groups excluding carboxylic acids is 1. The Balaban J connectivity index is 2.20. The first-order chi connectivity index (χ1) is 8.74. The number of benzene rings is 1. The molecule has 0 spiro atoms. The zero-order valence-corrected chi connectivity index (χ0v) is 10.6. The normalized spacial score (nSPS) is 10.3. The van der Waals surface area contributed by atoms with Gasteiger partial charge in [0.25, 0.3) is 0 Å². The van der Waals surface area contributed by atoms with E-state index in [1.165, 1.54) is 6.20 Å². The van der Waals surface area contributed by atoms with E-state index >= 15 is 0 Å². The SMILES string of the molecule is CCOC(=O)c1cnc(-c2ccc(CCl)cc2)o1. The molecule has 0 amide bonds. The van der Waals surface area contributed by atoms with Crippen molar-refractivity contribution < 1.29 is 13.9 Å². The van der Waals surface area contributed by atoms with E-state index < -0.39 is 5.97 Å². The van der Waals surface area contributed by atoms with Crippen LogP contribution in [0, 0.1) is 0 Å². The summed E-state index contributed by atoms with van der Waals surface area (Å²) in [7, 11) is 0.